The maximum absolute atomic E-state index is 10.4. The van der Waals surface area contributed by atoms with E-state index in [1.165, 1.54) is 0 Å². The zero-order chi connectivity index (χ0) is 8.48. The van der Waals surface area contributed by atoms with E-state index in [0.29, 0.717) is 0 Å². The number of rotatable bonds is 2. The first-order valence-corrected chi connectivity index (χ1v) is 4.60. The van der Waals surface area contributed by atoms with Crippen molar-refractivity contribution in [1.29, 1.82) is 0 Å². The quantitative estimate of drug-likeness (QED) is 0.654. The number of carboxylic acid groups (broad SMARTS) is 1. The maximum atomic E-state index is 10.4. The van der Waals surface area contributed by atoms with Crippen molar-refractivity contribution in [1.82, 2.24) is 5.32 Å². The van der Waals surface area contributed by atoms with Crippen LogP contribution in [-0.2, 0) is 4.79 Å². The smallest absolute Gasteiger partial charge is 0.304 e. The van der Waals surface area contributed by atoms with E-state index in [9.17, 15) is 4.79 Å². The van der Waals surface area contributed by atoms with Gasteiger partial charge in [-0.2, -0.15) is 0 Å². The number of hydrogen-bond donors (Lipinski definition) is 2. The van der Waals surface area contributed by atoms with Crippen LogP contribution in [0.5, 0.6) is 0 Å². The lowest BCUT2D eigenvalue weighted by molar-refractivity contribution is -0.137. The lowest BCUT2D eigenvalue weighted by atomic mass is 10.0. The lowest BCUT2D eigenvalue weighted by Crippen LogP contribution is -2.38. The number of aliphatic carboxylic acids is 1. The summed E-state index contributed by atoms with van der Waals surface area (Å²) in [6.07, 6.45) is 0.222. The minimum absolute atomic E-state index is 0.0678. The average Bonchev–Trinajstić information content (AvgIpc) is 2.10. The van der Waals surface area contributed by atoms with Gasteiger partial charge < -0.3 is 10.4 Å². The van der Waals surface area contributed by atoms with E-state index in [0.717, 1.165) is 5.88 Å². The van der Waals surface area contributed by atoms with Crippen LogP contribution in [0.4, 0.5) is 0 Å². The molecule has 1 rings (SSSR count). The van der Waals surface area contributed by atoms with Crippen LogP contribution < -0.4 is 5.32 Å². The zero-order valence-electron chi connectivity index (χ0n) is 6.76. The van der Waals surface area contributed by atoms with E-state index >= 15 is 0 Å². The molecule has 64 valence electrons. The molecule has 11 heavy (non-hydrogen) atoms. The van der Waals surface area contributed by atoms with Crippen molar-refractivity contribution in [2.45, 2.75) is 31.1 Å². The summed E-state index contributed by atoms with van der Waals surface area (Å²) < 4.78 is 0.0678. The second-order valence-corrected chi connectivity index (χ2v) is 4.88. The highest BCUT2D eigenvalue weighted by Gasteiger charge is 2.36. The van der Waals surface area contributed by atoms with Crippen LogP contribution >= 0.6 is 11.8 Å². The van der Waals surface area contributed by atoms with Gasteiger partial charge in [0.2, 0.25) is 0 Å². The van der Waals surface area contributed by atoms with Crippen molar-refractivity contribution in [3.63, 3.8) is 0 Å². The van der Waals surface area contributed by atoms with Gasteiger partial charge in [0.15, 0.2) is 0 Å². The van der Waals surface area contributed by atoms with Crippen molar-refractivity contribution in [2.75, 3.05) is 5.88 Å². The van der Waals surface area contributed by atoms with Crippen molar-refractivity contribution in [2.24, 2.45) is 0 Å². The summed E-state index contributed by atoms with van der Waals surface area (Å²) >= 11 is 1.78. The van der Waals surface area contributed by atoms with E-state index in [1.807, 2.05) is 0 Å². The van der Waals surface area contributed by atoms with E-state index in [1.54, 1.807) is 11.8 Å². The summed E-state index contributed by atoms with van der Waals surface area (Å²) in [5.41, 5.74) is 0. The molecular formula is C7H13NO2S. The van der Waals surface area contributed by atoms with Gasteiger partial charge in [-0.15, -0.1) is 11.8 Å². The molecule has 1 heterocycles. The van der Waals surface area contributed by atoms with Gasteiger partial charge in [-0.1, -0.05) is 0 Å². The molecule has 1 saturated heterocycles. The van der Waals surface area contributed by atoms with Gasteiger partial charge in [0.05, 0.1) is 6.42 Å². The third kappa shape index (κ3) is 2.10. The van der Waals surface area contributed by atoms with Crippen LogP contribution in [0.1, 0.15) is 20.3 Å². The molecule has 0 aromatic carbocycles. The fourth-order valence-corrected chi connectivity index (χ4v) is 2.19. The van der Waals surface area contributed by atoms with E-state index in [2.05, 4.69) is 19.2 Å². The van der Waals surface area contributed by atoms with E-state index in [4.69, 9.17) is 5.11 Å². The van der Waals surface area contributed by atoms with Gasteiger partial charge in [-0.25, -0.2) is 0 Å². The third-order valence-corrected chi connectivity index (χ3v) is 3.33. The average molecular weight is 175 g/mol. The molecule has 1 unspecified atom stereocenters. The molecule has 0 aromatic heterocycles. The summed E-state index contributed by atoms with van der Waals surface area (Å²) in [4.78, 5) is 10.4. The molecule has 0 bridgehead atoms. The number of nitrogens with one attached hydrogen (secondary N) is 1. The molecule has 0 saturated carbocycles. The minimum atomic E-state index is -0.724. The second kappa shape index (κ2) is 3.03. The van der Waals surface area contributed by atoms with Crippen LogP contribution in [0, 0.1) is 0 Å². The number of carboxylic acids is 1. The van der Waals surface area contributed by atoms with Crippen molar-refractivity contribution < 1.29 is 9.90 Å². The Balaban J connectivity index is 2.51. The Labute approximate surface area is 70.6 Å². The highest BCUT2D eigenvalue weighted by Crippen LogP contribution is 2.34. The molecule has 1 atom stereocenters. The standard InChI is InChI=1S/C7H13NO2S/c1-7(2)5(3-6(9)10)8-4-11-7/h5,8H,3-4H2,1-2H3,(H,9,10). The fraction of sp³-hybridized carbons (Fsp3) is 0.857. The Bertz CT molecular complexity index is 170. The SMILES string of the molecule is CC1(C)SCNC1CC(=O)O. The number of hydrogen-bond acceptors (Lipinski definition) is 3. The molecule has 3 nitrogen and oxygen atoms in total. The first-order valence-electron chi connectivity index (χ1n) is 3.61. The van der Waals surface area contributed by atoms with E-state index < -0.39 is 5.97 Å². The zero-order valence-corrected chi connectivity index (χ0v) is 7.57. The van der Waals surface area contributed by atoms with Crippen LogP contribution in [-0.4, -0.2) is 27.7 Å². The predicted molar refractivity (Wildman–Crippen MR) is 45.7 cm³/mol. The number of carbonyl (C=O) groups is 1. The van der Waals surface area contributed by atoms with Crippen LogP contribution in [0.25, 0.3) is 0 Å². The molecule has 0 spiro atoms. The monoisotopic (exact) mass is 175 g/mol. The topological polar surface area (TPSA) is 49.3 Å². The summed E-state index contributed by atoms with van der Waals surface area (Å²) in [6, 6.07) is 0.116. The van der Waals surface area contributed by atoms with Crippen molar-refractivity contribution >= 4 is 17.7 Å². The van der Waals surface area contributed by atoms with Crippen molar-refractivity contribution in [3.8, 4) is 0 Å². The Hall–Kier alpha value is -0.220. The molecule has 0 aromatic rings. The first-order chi connectivity index (χ1) is 5.02. The van der Waals surface area contributed by atoms with Gasteiger partial charge in [0.1, 0.15) is 0 Å². The Morgan fingerprint density at radius 2 is 2.45 bits per heavy atom. The van der Waals surface area contributed by atoms with Crippen LogP contribution in [0.15, 0.2) is 0 Å². The molecule has 1 aliphatic rings. The highest BCUT2D eigenvalue weighted by molar-refractivity contribution is 8.00. The van der Waals surface area contributed by atoms with Gasteiger partial charge in [-0.05, 0) is 13.8 Å². The predicted octanol–water partition coefficient (Wildman–Crippen LogP) is 0.902. The molecular weight excluding hydrogens is 162 g/mol. The summed E-state index contributed by atoms with van der Waals surface area (Å²) in [5.74, 6) is 0.142. The molecule has 0 amide bonds. The van der Waals surface area contributed by atoms with Gasteiger partial charge in [0, 0.05) is 16.7 Å². The van der Waals surface area contributed by atoms with Crippen LogP contribution in [0.2, 0.25) is 0 Å². The maximum Gasteiger partial charge on any atom is 0.304 e. The Morgan fingerprint density at radius 1 is 1.82 bits per heavy atom. The molecule has 0 aliphatic carbocycles. The summed E-state index contributed by atoms with van der Waals surface area (Å²) in [6.45, 7) is 4.15. The largest absolute Gasteiger partial charge is 0.481 e. The molecule has 4 heteroatoms. The molecule has 1 fully saturated rings. The Morgan fingerprint density at radius 3 is 2.82 bits per heavy atom. The van der Waals surface area contributed by atoms with Gasteiger partial charge in [0.25, 0.3) is 0 Å². The molecule has 1 aliphatic heterocycles. The fourth-order valence-electron chi connectivity index (χ4n) is 1.17. The summed E-state index contributed by atoms with van der Waals surface area (Å²) in [7, 11) is 0. The summed E-state index contributed by atoms with van der Waals surface area (Å²) in [5, 5.41) is 11.7. The first kappa shape index (κ1) is 8.87. The highest BCUT2D eigenvalue weighted by atomic mass is 32.2. The van der Waals surface area contributed by atoms with Gasteiger partial charge in [-0.3, -0.25) is 4.79 Å². The second-order valence-electron chi connectivity index (χ2n) is 3.25. The normalized spacial score (nSPS) is 28.7. The Kier molecular flexibility index (Phi) is 2.44. The minimum Gasteiger partial charge on any atom is -0.481 e. The molecule has 2 N–H and O–H groups in total. The van der Waals surface area contributed by atoms with Gasteiger partial charge >= 0.3 is 5.97 Å². The third-order valence-electron chi connectivity index (χ3n) is 1.99. The molecule has 0 radical (unpaired) electrons. The van der Waals surface area contributed by atoms with Crippen LogP contribution in [0.3, 0.4) is 0 Å². The number of thioether (sulfide) groups is 1. The van der Waals surface area contributed by atoms with Crippen molar-refractivity contribution in [3.05, 3.63) is 0 Å². The lowest BCUT2D eigenvalue weighted by Gasteiger charge is -2.23. The van der Waals surface area contributed by atoms with E-state index in [-0.39, 0.29) is 17.2 Å².